The van der Waals surface area contributed by atoms with Gasteiger partial charge in [-0.2, -0.15) is 0 Å². The number of aromatic nitrogens is 1. The number of carbonyl (C=O) groups excluding carboxylic acids is 2. The Balaban J connectivity index is 1.74. The number of benzene rings is 2. The molecule has 3 amide bonds. The van der Waals surface area contributed by atoms with Gasteiger partial charge in [-0.05, 0) is 62.0 Å². The Kier molecular flexibility index (Phi) is 5.28. The van der Waals surface area contributed by atoms with Crippen LogP contribution in [0.3, 0.4) is 0 Å². The Hall–Kier alpha value is -3.52. The molecule has 1 fully saturated rings. The van der Waals surface area contributed by atoms with E-state index in [0.717, 1.165) is 33.5 Å². The lowest BCUT2D eigenvalue weighted by molar-refractivity contribution is -0.134. The highest BCUT2D eigenvalue weighted by atomic mass is 16.5. The Labute approximate surface area is 198 Å². The fourth-order valence-corrected chi connectivity index (χ4v) is 5.45. The maximum absolute atomic E-state index is 13.9. The zero-order valence-corrected chi connectivity index (χ0v) is 20.0. The molecule has 34 heavy (non-hydrogen) atoms. The summed E-state index contributed by atoms with van der Waals surface area (Å²) < 4.78 is 5.47. The van der Waals surface area contributed by atoms with E-state index in [1.165, 1.54) is 4.90 Å². The number of nitrogens with zero attached hydrogens (tertiary/aromatic N) is 3. The predicted molar refractivity (Wildman–Crippen MR) is 129 cm³/mol. The number of ether oxygens (including phenoxy) is 1. The number of amides is 3. The number of phenolic OH excluding ortho intramolecular Hbond substituents is 1. The van der Waals surface area contributed by atoms with E-state index in [4.69, 9.17) is 4.74 Å². The lowest BCUT2D eigenvalue weighted by Gasteiger charge is -2.44. The summed E-state index contributed by atoms with van der Waals surface area (Å²) in [5.41, 5.74) is 2.56. The summed E-state index contributed by atoms with van der Waals surface area (Å²) in [6.07, 6.45) is 0.909. The maximum atomic E-state index is 13.9. The number of phenols is 1. The number of aromatic hydroxyl groups is 1. The summed E-state index contributed by atoms with van der Waals surface area (Å²) in [5.74, 6) is 0.694. The van der Waals surface area contributed by atoms with Gasteiger partial charge in [-0.25, -0.2) is 4.79 Å². The number of nitrogens with one attached hydrogen (secondary N) is 1. The number of likely N-dealkylation sites (N-methyl/N-ethyl adjacent to an activating group) is 1. The number of fused-ring (bicyclic) bond motifs is 4. The minimum atomic E-state index is -0.995. The van der Waals surface area contributed by atoms with Crippen LogP contribution in [0, 0.1) is 0 Å². The van der Waals surface area contributed by atoms with Crippen LogP contribution in [-0.2, 0) is 11.2 Å². The van der Waals surface area contributed by atoms with Crippen molar-refractivity contribution in [3.8, 4) is 11.5 Å². The van der Waals surface area contributed by atoms with E-state index >= 15 is 0 Å². The van der Waals surface area contributed by atoms with Gasteiger partial charge in [0.2, 0.25) is 0 Å². The Morgan fingerprint density at radius 1 is 1.21 bits per heavy atom. The van der Waals surface area contributed by atoms with Crippen LogP contribution in [0.25, 0.3) is 10.9 Å². The number of rotatable bonds is 6. The Morgan fingerprint density at radius 2 is 2.00 bits per heavy atom. The molecule has 0 bridgehead atoms. The van der Waals surface area contributed by atoms with Crippen molar-refractivity contribution in [1.82, 2.24) is 19.7 Å². The molecule has 2 aliphatic heterocycles. The van der Waals surface area contributed by atoms with Gasteiger partial charge >= 0.3 is 6.03 Å². The van der Waals surface area contributed by atoms with Gasteiger partial charge in [0, 0.05) is 36.1 Å². The first-order valence-corrected chi connectivity index (χ1v) is 11.6. The molecule has 178 valence electrons. The largest absolute Gasteiger partial charge is 0.508 e. The van der Waals surface area contributed by atoms with E-state index in [0.29, 0.717) is 25.9 Å². The van der Waals surface area contributed by atoms with Gasteiger partial charge in [0.25, 0.3) is 5.91 Å². The molecule has 1 aromatic heterocycles. The third kappa shape index (κ3) is 3.16. The molecule has 8 nitrogen and oxygen atoms in total. The number of hydrogen-bond acceptors (Lipinski definition) is 5. The first kappa shape index (κ1) is 22.3. The molecular formula is C26H30N4O4. The van der Waals surface area contributed by atoms with Gasteiger partial charge in [-0.1, -0.05) is 19.1 Å². The standard InChI is InChI=1S/C26H30N4O4/c1-5-26-15-20-19-14-18(34-4)9-10-21(19)27-22(20)23(16-7-6-8-17(31)13-16)30(26)25(33)29(24(26)32)12-11-28(2)3/h6-10,13-14,23,27,31H,5,11-12,15H2,1-4H3/t23-,26+/m1/s1. The van der Waals surface area contributed by atoms with E-state index in [9.17, 15) is 14.7 Å². The van der Waals surface area contributed by atoms with E-state index in [2.05, 4.69) is 4.98 Å². The molecule has 2 aliphatic rings. The lowest BCUT2D eigenvalue weighted by Crippen LogP contribution is -2.55. The van der Waals surface area contributed by atoms with Gasteiger partial charge in [-0.15, -0.1) is 0 Å². The van der Waals surface area contributed by atoms with Crippen molar-refractivity contribution in [3.05, 3.63) is 59.3 Å². The molecule has 1 saturated heterocycles. The van der Waals surface area contributed by atoms with Crippen LogP contribution in [0.2, 0.25) is 0 Å². The first-order chi connectivity index (χ1) is 16.3. The SMILES string of the molecule is CC[C@@]12Cc3c([nH]c4ccc(OC)cc34)[C@@H](c3cccc(O)c3)N1C(=O)N(CCN(C)C)C2=O. The summed E-state index contributed by atoms with van der Waals surface area (Å²) in [6.45, 7) is 2.89. The molecule has 3 heterocycles. The smallest absolute Gasteiger partial charge is 0.328 e. The van der Waals surface area contributed by atoms with Gasteiger partial charge in [-0.3, -0.25) is 14.6 Å². The van der Waals surface area contributed by atoms with Gasteiger partial charge in [0.1, 0.15) is 23.1 Å². The molecule has 2 aromatic carbocycles. The Morgan fingerprint density at radius 3 is 2.68 bits per heavy atom. The van der Waals surface area contributed by atoms with Crippen molar-refractivity contribution in [1.29, 1.82) is 0 Å². The van der Waals surface area contributed by atoms with Crippen molar-refractivity contribution in [2.24, 2.45) is 0 Å². The second kappa shape index (κ2) is 8.06. The summed E-state index contributed by atoms with van der Waals surface area (Å²) >= 11 is 0. The van der Waals surface area contributed by atoms with Crippen molar-refractivity contribution in [2.75, 3.05) is 34.3 Å². The van der Waals surface area contributed by atoms with Crippen LogP contribution in [0.4, 0.5) is 4.79 Å². The number of methoxy groups -OCH3 is 1. The summed E-state index contributed by atoms with van der Waals surface area (Å²) in [5, 5.41) is 11.2. The number of carbonyl (C=O) groups is 2. The molecule has 0 saturated carbocycles. The topological polar surface area (TPSA) is 89.1 Å². The number of H-pyrrole nitrogens is 1. The minimum absolute atomic E-state index is 0.118. The molecule has 2 atom stereocenters. The van der Waals surface area contributed by atoms with E-state index in [1.54, 1.807) is 30.2 Å². The number of hydrogen-bond donors (Lipinski definition) is 2. The molecular weight excluding hydrogens is 432 g/mol. The normalized spacial score (nSPS) is 22.0. The number of aromatic amines is 1. The zero-order valence-electron chi connectivity index (χ0n) is 20.0. The summed E-state index contributed by atoms with van der Waals surface area (Å²) in [4.78, 5) is 36.4. The van der Waals surface area contributed by atoms with Gasteiger partial charge in [0.15, 0.2) is 0 Å². The predicted octanol–water partition coefficient (Wildman–Crippen LogP) is 3.50. The fourth-order valence-electron chi connectivity index (χ4n) is 5.45. The van der Waals surface area contributed by atoms with Crippen molar-refractivity contribution >= 4 is 22.8 Å². The van der Waals surface area contributed by atoms with Gasteiger partial charge in [0.05, 0.1) is 7.11 Å². The highest BCUT2D eigenvalue weighted by Crippen LogP contribution is 2.50. The third-order valence-electron chi connectivity index (χ3n) is 7.23. The van der Waals surface area contributed by atoms with E-state index in [1.807, 2.05) is 50.2 Å². The molecule has 0 unspecified atom stereocenters. The molecule has 2 N–H and O–H groups in total. The van der Waals surface area contributed by atoms with Crippen LogP contribution in [0.1, 0.15) is 36.2 Å². The van der Waals surface area contributed by atoms with Crippen LogP contribution >= 0.6 is 0 Å². The van der Waals surface area contributed by atoms with Crippen molar-refractivity contribution in [3.63, 3.8) is 0 Å². The fraction of sp³-hybridized carbons (Fsp3) is 0.385. The number of urea groups is 1. The quantitative estimate of drug-likeness (QED) is 0.548. The number of imide groups is 1. The van der Waals surface area contributed by atoms with Crippen LogP contribution in [0.15, 0.2) is 42.5 Å². The highest BCUT2D eigenvalue weighted by molar-refractivity contribution is 6.08. The van der Waals surface area contributed by atoms with Crippen molar-refractivity contribution < 1.29 is 19.4 Å². The second-order valence-electron chi connectivity index (χ2n) is 9.40. The van der Waals surface area contributed by atoms with Crippen molar-refractivity contribution in [2.45, 2.75) is 31.3 Å². The first-order valence-electron chi connectivity index (χ1n) is 11.6. The van der Waals surface area contributed by atoms with E-state index in [-0.39, 0.29) is 17.7 Å². The van der Waals surface area contributed by atoms with Crippen LogP contribution in [0.5, 0.6) is 11.5 Å². The van der Waals surface area contributed by atoms with E-state index < -0.39 is 11.6 Å². The molecule has 0 spiro atoms. The lowest BCUT2D eigenvalue weighted by atomic mass is 9.78. The average Bonchev–Trinajstić information content (AvgIpc) is 3.28. The molecule has 0 radical (unpaired) electrons. The summed E-state index contributed by atoms with van der Waals surface area (Å²) in [7, 11) is 5.48. The monoisotopic (exact) mass is 462 g/mol. The molecule has 0 aliphatic carbocycles. The molecule has 8 heteroatoms. The molecule has 3 aromatic rings. The third-order valence-corrected chi connectivity index (χ3v) is 7.23. The van der Waals surface area contributed by atoms with Gasteiger partial charge < -0.3 is 19.7 Å². The second-order valence-corrected chi connectivity index (χ2v) is 9.40. The van der Waals surface area contributed by atoms with Crippen LogP contribution in [-0.4, -0.2) is 76.6 Å². The average molecular weight is 463 g/mol. The Bertz CT molecular complexity index is 1280. The zero-order chi connectivity index (χ0) is 24.2. The highest BCUT2D eigenvalue weighted by Gasteiger charge is 2.61. The van der Waals surface area contributed by atoms with Crippen LogP contribution < -0.4 is 4.74 Å². The minimum Gasteiger partial charge on any atom is -0.508 e. The summed E-state index contributed by atoms with van der Waals surface area (Å²) in [6, 6.07) is 12.0. The maximum Gasteiger partial charge on any atom is 0.328 e. The molecule has 5 rings (SSSR count).